The van der Waals surface area contributed by atoms with E-state index >= 15 is 0 Å². The number of nitrogens with zero attached hydrogens (tertiary/aromatic N) is 1. The van der Waals surface area contributed by atoms with Crippen molar-refractivity contribution >= 4 is 0 Å². The lowest BCUT2D eigenvalue weighted by atomic mass is 9.98. The van der Waals surface area contributed by atoms with E-state index in [1.807, 2.05) is 6.07 Å². The summed E-state index contributed by atoms with van der Waals surface area (Å²) in [6.07, 6.45) is 0. The fraction of sp³-hybridized carbons (Fsp3) is 0.400. The second kappa shape index (κ2) is 7.69. The van der Waals surface area contributed by atoms with Crippen LogP contribution in [0.2, 0.25) is 0 Å². The summed E-state index contributed by atoms with van der Waals surface area (Å²) in [6, 6.07) is 15.2. The van der Waals surface area contributed by atoms with Gasteiger partial charge in [0.2, 0.25) is 0 Å². The summed E-state index contributed by atoms with van der Waals surface area (Å²) in [5, 5.41) is 3.50. The van der Waals surface area contributed by atoms with Crippen LogP contribution in [0.15, 0.2) is 42.5 Å². The van der Waals surface area contributed by atoms with Gasteiger partial charge < -0.3 is 14.8 Å². The number of hydrogen-bond donors (Lipinski definition) is 1. The normalized spacial score (nSPS) is 18.4. The maximum absolute atomic E-state index is 5.52. The average Bonchev–Trinajstić information content (AvgIpc) is 2.62. The van der Waals surface area contributed by atoms with Crippen LogP contribution in [0.25, 0.3) is 11.1 Å². The Balaban J connectivity index is 1.98. The molecule has 0 aliphatic carbocycles. The third kappa shape index (κ3) is 3.71. The Morgan fingerprint density at radius 1 is 1.08 bits per heavy atom. The van der Waals surface area contributed by atoms with Crippen LogP contribution in [-0.2, 0) is 6.54 Å². The lowest BCUT2D eigenvalue weighted by Gasteiger charge is -2.32. The molecule has 1 unspecified atom stereocenters. The van der Waals surface area contributed by atoms with Gasteiger partial charge in [-0.25, -0.2) is 0 Å². The summed E-state index contributed by atoms with van der Waals surface area (Å²) >= 11 is 0. The van der Waals surface area contributed by atoms with Crippen LogP contribution in [0.4, 0.5) is 0 Å². The van der Waals surface area contributed by atoms with Gasteiger partial charge in [-0.3, -0.25) is 4.90 Å². The van der Waals surface area contributed by atoms with Crippen LogP contribution in [0.3, 0.4) is 0 Å². The van der Waals surface area contributed by atoms with Gasteiger partial charge in [0.15, 0.2) is 11.5 Å². The number of methoxy groups -OCH3 is 2. The molecule has 1 heterocycles. The van der Waals surface area contributed by atoms with Gasteiger partial charge in [0.05, 0.1) is 14.2 Å². The number of hydrogen-bond acceptors (Lipinski definition) is 4. The minimum Gasteiger partial charge on any atom is -0.493 e. The molecule has 4 nitrogen and oxygen atoms in total. The molecule has 0 aromatic heterocycles. The lowest BCUT2D eigenvalue weighted by molar-refractivity contribution is 0.199. The van der Waals surface area contributed by atoms with Crippen LogP contribution in [0, 0.1) is 0 Å². The van der Waals surface area contributed by atoms with E-state index in [0.717, 1.165) is 37.7 Å². The first-order chi connectivity index (χ1) is 11.7. The molecule has 24 heavy (non-hydrogen) atoms. The zero-order chi connectivity index (χ0) is 16.9. The molecule has 1 atom stereocenters. The predicted molar refractivity (Wildman–Crippen MR) is 97.7 cm³/mol. The molecule has 0 bridgehead atoms. The van der Waals surface area contributed by atoms with Gasteiger partial charge in [-0.1, -0.05) is 30.3 Å². The number of benzene rings is 2. The highest BCUT2D eigenvalue weighted by Crippen LogP contribution is 2.36. The van der Waals surface area contributed by atoms with Crippen LogP contribution in [0.5, 0.6) is 11.5 Å². The van der Waals surface area contributed by atoms with Gasteiger partial charge in [0.25, 0.3) is 0 Å². The SMILES string of the molecule is COc1cc(CN2CCNC(C)C2)c(-c2ccccc2)cc1OC. The van der Waals surface area contributed by atoms with Crippen molar-refractivity contribution in [3.05, 3.63) is 48.0 Å². The quantitative estimate of drug-likeness (QED) is 0.915. The third-order valence-corrected chi connectivity index (χ3v) is 4.54. The van der Waals surface area contributed by atoms with Crippen molar-refractivity contribution in [1.29, 1.82) is 0 Å². The molecule has 2 aromatic carbocycles. The van der Waals surface area contributed by atoms with E-state index in [1.165, 1.54) is 16.7 Å². The van der Waals surface area contributed by atoms with Crippen molar-refractivity contribution in [2.75, 3.05) is 33.9 Å². The second-order valence-electron chi connectivity index (χ2n) is 6.32. The fourth-order valence-electron chi connectivity index (χ4n) is 3.34. The van der Waals surface area contributed by atoms with Crippen LogP contribution in [-0.4, -0.2) is 44.8 Å². The molecule has 128 valence electrons. The molecule has 0 amide bonds. The zero-order valence-corrected chi connectivity index (χ0v) is 14.7. The molecule has 1 N–H and O–H groups in total. The highest BCUT2D eigenvalue weighted by atomic mass is 16.5. The maximum atomic E-state index is 5.52. The van der Waals surface area contributed by atoms with Crippen molar-refractivity contribution < 1.29 is 9.47 Å². The monoisotopic (exact) mass is 326 g/mol. The van der Waals surface area contributed by atoms with E-state index < -0.39 is 0 Å². The lowest BCUT2D eigenvalue weighted by Crippen LogP contribution is -2.48. The van der Waals surface area contributed by atoms with Gasteiger partial charge in [-0.2, -0.15) is 0 Å². The van der Waals surface area contributed by atoms with E-state index in [0.29, 0.717) is 6.04 Å². The van der Waals surface area contributed by atoms with Gasteiger partial charge in [-0.15, -0.1) is 0 Å². The Bertz CT molecular complexity index is 673. The van der Waals surface area contributed by atoms with Crippen molar-refractivity contribution in [3.8, 4) is 22.6 Å². The van der Waals surface area contributed by atoms with E-state index in [-0.39, 0.29) is 0 Å². The first-order valence-electron chi connectivity index (χ1n) is 8.47. The molecule has 2 aromatic rings. The number of rotatable bonds is 5. The van der Waals surface area contributed by atoms with Gasteiger partial charge in [-0.05, 0) is 35.7 Å². The smallest absolute Gasteiger partial charge is 0.161 e. The number of nitrogens with one attached hydrogen (secondary N) is 1. The molecule has 1 aliphatic rings. The van der Waals surface area contributed by atoms with E-state index in [4.69, 9.17) is 9.47 Å². The van der Waals surface area contributed by atoms with Crippen LogP contribution >= 0.6 is 0 Å². The standard InChI is InChI=1S/C20H26N2O2/c1-15-13-22(10-9-21-15)14-17-11-19(23-2)20(24-3)12-18(17)16-7-5-4-6-8-16/h4-8,11-12,15,21H,9-10,13-14H2,1-3H3. The highest BCUT2D eigenvalue weighted by Gasteiger charge is 2.19. The Hall–Kier alpha value is -2.04. The molecule has 1 fully saturated rings. The molecule has 1 aliphatic heterocycles. The molecule has 0 radical (unpaired) electrons. The molecule has 1 saturated heterocycles. The van der Waals surface area contributed by atoms with E-state index in [2.05, 4.69) is 53.5 Å². The van der Waals surface area contributed by atoms with Gasteiger partial charge in [0, 0.05) is 32.2 Å². The Kier molecular flexibility index (Phi) is 5.38. The third-order valence-electron chi connectivity index (χ3n) is 4.54. The molecule has 3 rings (SSSR count). The summed E-state index contributed by atoms with van der Waals surface area (Å²) < 4.78 is 11.0. The van der Waals surface area contributed by atoms with Crippen molar-refractivity contribution in [3.63, 3.8) is 0 Å². The molecular weight excluding hydrogens is 300 g/mol. The highest BCUT2D eigenvalue weighted by molar-refractivity contribution is 5.71. The first kappa shape index (κ1) is 16.8. The fourth-order valence-corrected chi connectivity index (χ4v) is 3.34. The summed E-state index contributed by atoms with van der Waals surface area (Å²) in [6.45, 7) is 6.31. The Morgan fingerprint density at radius 2 is 1.79 bits per heavy atom. The Labute approximate surface area is 144 Å². The van der Waals surface area contributed by atoms with Crippen LogP contribution < -0.4 is 14.8 Å². The van der Waals surface area contributed by atoms with Crippen LogP contribution in [0.1, 0.15) is 12.5 Å². The molecular formula is C20H26N2O2. The molecule has 4 heteroatoms. The number of piperazine rings is 1. The maximum Gasteiger partial charge on any atom is 0.161 e. The Morgan fingerprint density at radius 3 is 2.46 bits per heavy atom. The van der Waals surface area contributed by atoms with Crippen molar-refractivity contribution in [1.82, 2.24) is 10.2 Å². The minimum atomic E-state index is 0.527. The molecule has 0 saturated carbocycles. The van der Waals surface area contributed by atoms with E-state index in [9.17, 15) is 0 Å². The van der Waals surface area contributed by atoms with E-state index in [1.54, 1.807) is 14.2 Å². The first-order valence-corrected chi connectivity index (χ1v) is 8.47. The number of ether oxygens (including phenoxy) is 2. The van der Waals surface area contributed by atoms with Gasteiger partial charge >= 0.3 is 0 Å². The second-order valence-corrected chi connectivity index (χ2v) is 6.32. The summed E-state index contributed by atoms with van der Waals surface area (Å²) in [4.78, 5) is 2.49. The van der Waals surface area contributed by atoms with Crippen molar-refractivity contribution in [2.45, 2.75) is 19.5 Å². The summed E-state index contributed by atoms with van der Waals surface area (Å²) in [5.41, 5.74) is 3.68. The topological polar surface area (TPSA) is 33.7 Å². The van der Waals surface area contributed by atoms with Crippen molar-refractivity contribution in [2.24, 2.45) is 0 Å². The minimum absolute atomic E-state index is 0.527. The average molecular weight is 326 g/mol. The largest absolute Gasteiger partial charge is 0.493 e. The summed E-state index contributed by atoms with van der Waals surface area (Å²) in [5.74, 6) is 1.56. The zero-order valence-electron chi connectivity index (χ0n) is 14.7. The predicted octanol–water partition coefficient (Wildman–Crippen LogP) is 3.16. The van der Waals surface area contributed by atoms with Gasteiger partial charge in [0.1, 0.15) is 0 Å². The summed E-state index contributed by atoms with van der Waals surface area (Å²) in [7, 11) is 3.38. The molecule has 0 spiro atoms.